The van der Waals surface area contributed by atoms with Gasteiger partial charge in [0.1, 0.15) is 5.58 Å². The van der Waals surface area contributed by atoms with E-state index in [0.717, 1.165) is 23.1 Å². The highest BCUT2D eigenvalue weighted by atomic mass is 35.5. The van der Waals surface area contributed by atoms with E-state index in [2.05, 4.69) is 17.2 Å². The Morgan fingerprint density at radius 1 is 1.40 bits per heavy atom. The molecule has 1 aromatic carbocycles. The molecule has 1 atom stereocenters. The van der Waals surface area contributed by atoms with Crippen molar-refractivity contribution in [2.75, 3.05) is 0 Å². The Morgan fingerprint density at radius 2 is 2.25 bits per heavy atom. The average molecular weight is 290 g/mol. The molecule has 3 aromatic rings. The van der Waals surface area contributed by atoms with Crippen molar-refractivity contribution in [2.24, 2.45) is 0 Å². The molecule has 0 aliphatic rings. The third kappa shape index (κ3) is 2.71. The number of imidazole rings is 1. The molecule has 2 aromatic heterocycles. The van der Waals surface area contributed by atoms with Gasteiger partial charge in [-0.15, -0.1) is 0 Å². The summed E-state index contributed by atoms with van der Waals surface area (Å²) in [5, 5.41) is 5.00. The first-order chi connectivity index (χ1) is 9.74. The van der Waals surface area contributed by atoms with E-state index in [4.69, 9.17) is 16.0 Å². The zero-order valence-corrected chi connectivity index (χ0v) is 12.0. The molecule has 1 unspecified atom stereocenters. The van der Waals surface area contributed by atoms with Crippen LogP contribution in [-0.2, 0) is 13.1 Å². The Morgan fingerprint density at radius 3 is 3.05 bits per heavy atom. The Balaban J connectivity index is 1.69. The van der Waals surface area contributed by atoms with Crippen LogP contribution in [0, 0.1) is 0 Å². The van der Waals surface area contributed by atoms with E-state index in [0.29, 0.717) is 17.8 Å². The van der Waals surface area contributed by atoms with Crippen molar-refractivity contribution in [2.45, 2.75) is 26.1 Å². The normalized spacial score (nSPS) is 12.9. The van der Waals surface area contributed by atoms with Crippen molar-refractivity contribution in [3.63, 3.8) is 0 Å². The molecule has 3 rings (SSSR count). The Hall–Kier alpha value is -1.78. The maximum Gasteiger partial charge on any atom is 0.199 e. The first-order valence-electron chi connectivity index (χ1n) is 6.59. The van der Waals surface area contributed by atoms with E-state index >= 15 is 0 Å². The first kappa shape index (κ1) is 13.2. The maximum absolute atomic E-state index is 6.17. The van der Waals surface area contributed by atoms with E-state index in [1.807, 2.05) is 41.4 Å². The molecule has 1 N–H and O–H groups in total. The summed E-state index contributed by atoms with van der Waals surface area (Å²) < 4.78 is 7.60. The molecule has 2 heterocycles. The fraction of sp³-hybridized carbons (Fsp3) is 0.267. The van der Waals surface area contributed by atoms with Crippen molar-refractivity contribution < 1.29 is 4.42 Å². The van der Waals surface area contributed by atoms with Crippen LogP contribution in [0.1, 0.15) is 12.5 Å². The summed E-state index contributed by atoms with van der Waals surface area (Å²) in [7, 11) is 0. The van der Waals surface area contributed by atoms with Crippen LogP contribution in [0.4, 0.5) is 0 Å². The van der Waals surface area contributed by atoms with Crippen LogP contribution in [0.3, 0.4) is 0 Å². The van der Waals surface area contributed by atoms with Gasteiger partial charge in [-0.05, 0) is 24.6 Å². The number of furan rings is 1. The van der Waals surface area contributed by atoms with Crippen LogP contribution < -0.4 is 5.32 Å². The number of halogens is 1. The van der Waals surface area contributed by atoms with Gasteiger partial charge >= 0.3 is 0 Å². The van der Waals surface area contributed by atoms with Crippen molar-refractivity contribution in [1.29, 1.82) is 0 Å². The van der Waals surface area contributed by atoms with Crippen molar-refractivity contribution in [1.82, 2.24) is 14.9 Å². The van der Waals surface area contributed by atoms with E-state index in [-0.39, 0.29) is 0 Å². The zero-order chi connectivity index (χ0) is 13.9. The van der Waals surface area contributed by atoms with Gasteiger partial charge in [0, 0.05) is 42.5 Å². The monoisotopic (exact) mass is 289 g/mol. The van der Waals surface area contributed by atoms with E-state index < -0.39 is 0 Å². The molecule has 0 radical (unpaired) electrons. The summed E-state index contributed by atoms with van der Waals surface area (Å²) in [5.41, 5.74) is 1.84. The molecular formula is C15H16ClN3O. The lowest BCUT2D eigenvalue weighted by Gasteiger charge is -2.14. The van der Waals surface area contributed by atoms with E-state index in [1.165, 1.54) is 0 Å². The predicted octanol–water partition coefficient (Wildman–Crippen LogP) is 3.46. The number of nitrogens with one attached hydrogen (secondary N) is 1. The first-order valence-corrected chi connectivity index (χ1v) is 6.97. The number of para-hydroxylation sites is 1. The average Bonchev–Trinajstić information content (AvgIpc) is 3.03. The number of aromatic nitrogens is 2. The summed E-state index contributed by atoms with van der Waals surface area (Å²) in [6.07, 6.45) is 5.56. The summed E-state index contributed by atoms with van der Waals surface area (Å²) >= 11 is 6.17. The van der Waals surface area contributed by atoms with E-state index in [9.17, 15) is 0 Å². The highest BCUT2D eigenvalue weighted by molar-refractivity contribution is 6.30. The zero-order valence-electron chi connectivity index (χ0n) is 11.2. The minimum atomic E-state index is 0.314. The van der Waals surface area contributed by atoms with Gasteiger partial charge < -0.3 is 14.3 Å². The van der Waals surface area contributed by atoms with Crippen LogP contribution in [0.25, 0.3) is 11.0 Å². The molecule has 0 amide bonds. The van der Waals surface area contributed by atoms with Gasteiger partial charge in [-0.25, -0.2) is 4.98 Å². The SMILES string of the molecule is CC(Cn1ccnc1)NCc1c(Cl)oc2ccccc12. The van der Waals surface area contributed by atoms with Gasteiger partial charge in [0.15, 0.2) is 5.22 Å². The van der Waals surface area contributed by atoms with Crippen LogP contribution in [0.15, 0.2) is 47.4 Å². The third-order valence-corrected chi connectivity index (χ3v) is 3.63. The number of hydrogen-bond donors (Lipinski definition) is 1. The van der Waals surface area contributed by atoms with Crippen LogP contribution in [0.5, 0.6) is 0 Å². The molecule has 20 heavy (non-hydrogen) atoms. The van der Waals surface area contributed by atoms with Crippen LogP contribution >= 0.6 is 11.6 Å². The Kier molecular flexibility index (Phi) is 3.76. The lowest BCUT2D eigenvalue weighted by molar-refractivity contribution is 0.475. The van der Waals surface area contributed by atoms with Crippen molar-refractivity contribution in [3.05, 3.63) is 53.8 Å². The minimum absolute atomic E-state index is 0.314. The molecule has 0 fully saturated rings. The maximum atomic E-state index is 6.17. The smallest absolute Gasteiger partial charge is 0.199 e. The molecule has 5 heteroatoms. The van der Waals surface area contributed by atoms with Crippen molar-refractivity contribution in [3.8, 4) is 0 Å². The second kappa shape index (κ2) is 5.69. The minimum Gasteiger partial charge on any atom is -0.444 e. The number of hydrogen-bond acceptors (Lipinski definition) is 3. The third-order valence-electron chi connectivity index (χ3n) is 3.32. The standard InChI is InChI=1S/C15H16ClN3O/c1-11(9-19-7-6-17-10-19)18-8-13-12-4-2-3-5-14(12)20-15(13)16/h2-7,10-11,18H,8-9H2,1H3. The molecule has 4 nitrogen and oxygen atoms in total. The Bertz CT molecular complexity index is 690. The van der Waals surface area contributed by atoms with Gasteiger partial charge in [0.05, 0.1) is 6.33 Å². The lowest BCUT2D eigenvalue weighted by atomic mass is 10.1. The van der Waals surface area contributed by atoms with Gasteiger partial charge in [-0.1, -0.05) is 18.2 Å². The largest absolute Gasteiger partial charge is 0.444 e. The second-order valence-electron chi connectivity index (χ2n) is 4.89. The molecule has 0 aliphatic carbocycles. The topological polar surface area (TPSA) is 43.0 Å². The highest BCUT2D eigenvalue weighted by Crippen LogP contribution is 2.29. The second-order valence-corrected chi connectivity index (χ2v) is 5.24. The molecular weight excluding hydrogens is 274 g/mol. The molecule has 0 saturated carbocycles. The lowest BCUT2D eigenvalue weighted by Crippen LogP contribution is -2.29. The fourth-order valence-electron chi connectivity index (χ4n) is 2.29. The Labute approximate surface area is 122 Å². The predicted molar refractivity (Wildman–Crippen MR) is 79.8 cm³/mol. The molecule has 0 aliphatic heterocycles. The molecule has 0 bridgehead atoms. The van der Waals surface area contributed by atoms with E-state index in [1.54, 1.807) is 6.20 Å². The number of nitrogens with zero attached hydrogens (tertiary/aromatic N) is 2. The van der Waals surface area contributed by atoms with Crippen LogP contribution in [-0.4, -0.2) is 15.6 Å². The van der Waals surface area contributed by atoms with Gasteiger partial charge in [0.25, 0.3) is 0 Å². The molecule has 0 saturated heterocycles. The summed E-state index contributed by atoms with van der Waals surface area (Å²) in [6.45, 7) is 3.69. The summed E-state index contributed by atoms with van der Waals surface area (Å²) in [6, 6.07) is 8.21. The van der Waals surface area contributed by atoms with Gasteiger partial charge in [-0.3, -0.25) is 0 Å². The van der Waals surface area contributed by atoms with Crippen molar-refractivity contribution >= 4 is 22.6 Å². The number of benzene rings is 1. The summed E-state index contributed by atoms with van der Waals surface area (Å²) in [4.78, 5) is 4.04. The highest BCUT2D eigenvalue weighted by Gasteiger charge is 2.12. The summed E-state index contributed by atoms with van der Waals surface area (Å²) in [5.74, 6) is 0. The number of rotatable bonds is 5. The van der Waals surface area contributed by atoms with Gasteiger partial charge in [-0.2, -0.15) is 0 Å². The van der Waals surface area contributed by atoms with Crippen LogP contribution in [0.2, 0.25) is 5.22 Å². The molecule has 0 spiro atoms. The van der Waals surface area contributed by atoms with Gasteiger partial charge in [0.2, 0.25) is 0 Å². The quantitative estimate of drug-likeness (QED) is 0.782. The number of fused-ring (bicyclic) bond motifs is 1. The fourth-order valence-corrected chi connectivity index (χ4v) is 2.54. The molecule has 104 valence electrons.